The van der Waals surface area contributed by atoms with E-state index in [2.05, 4.69) is 45.4 Å². The van der Waals surface area contributed by atoms with Crippen LogP contribution in [-0.2, 0) is 21.6 Å². The number of hydrogen-bond acceptors (Lipinski definition) is 1. The first-order chi connectivity index (χ1) is 8.62. The van der Waals surface area contributed by atoms with Crippen LogP contribution in [0.2, 0.25) is 39.3 Å². The van der Waals surface area contributed by atoms with E-state index in [9.17, 15) is 4.79 Å². The van der Waals surface area contributed by atoms with Crippen molar-refractivity contribution in [1.29, 1.82) is 0 Å². The summed E-state index contributed by atoms with van der Waals surface area (Å²) in [5.41, 5.74) is 0. The molecule has 2 aliphatic carbocycles. The van der Waals surface area contributed by atoms with Crippen molar-refractivity contribution < 1.29 is 21.6 Å². The van der Waals surface area contributed by atoms with Gasteiger partial charge < -0.3 is 0 Å². The zero-order chi connectivity index (χ0) is 14.7. The molecular formula is C16H25CoOSi2. The Morgan fingerprint density at radius 3 is 1.45 bits per heavy atom. The van der Waals surface area contributed by atoms with Gasteiger partial charge in [-0.25, -0.2) is 0 Å². The predicted molar refractivity (Wildman–Crippen MR) is 90.4 cm³/mol. The first-order valence-electron chi connectivity index (χ1n) is 6.78. The van der Waals surface area contributed by atoms with Gasteiger partial charge in [0.15, 0.2) is 5.78 Å². The average Bonchev–Trinajstić information content (AvgIpc) is 2.84. The maximum absolute atomic E-state index is 11.8. The van der Waals surface area contributed by atoms with E-state index in [-0.39, 0.29) is 22.6 Å². The van der Waals surface area contributed by atoms with Gasteiger partial charge in [-0.1, -0.05) is 74.9 Å². The van der Waals surface area contributed by atoms with Crippen LogP contribution in [0, 0.1) is 6.42 Å². The molecule has 0 saturated heterocycles. The fraction of sp³-hybridized carbons (Fsp3) is 0.375. The van der Waals surface area contributed by atoms with Crippen molar-refractivity contribution in [3.8, 4) is 0 Å². The number of ketones is 1. The Morgan fingerprint density at radius 1 is 0.750 bits per heavy atom. The van der Waals surface area contributed by atoms with Gasteiger partial charge in [-0.3, -0.25) is 4.79 Å². The van der Waals surface area contributed by atoms with Crippen LogP contribution < -0.4 is 0 Å². The Morgan fingerprint density at radius 2 is 1.25 bits per heavy atom. The third kappa shape index (κ3) is 5.91. The SMILES string of the molecule is C[Si](C)(C)C1=CC(=O)C([Si](C)(C)C)=C1.[CH]1C=CC=C1.[Co]. The first-order valence-corrected chi connectivity index (χ1v) is 13.8. The van der Waals surface area contributed by atoms with Gasteiger partial charge in [0.05, 0.1) is 16.1 Å². The molecule has 0 heterocycles. The predicted octanol–water partition coefficient (Wildman–Crippen LogP) is 4.49. The number of carbonyl (C=O) groups excluding carboxylic acids is 1. The monoisotopic (exact) mass is 348 g/mol. The first kappa shape index (κ1) is 19.6. The minimum absolute atomic E-state index is 0. The standard InChI is InChI=1S/C11H20OSi2.C5H5.Co/c1-13(2,3)9-7-10(12)11(8-9)14(4,5)6;1-2-4-5-3-1;/h7-8H,1-6H3;1-5H;. The molecule has 2 rings (SSSR count). The molecule has 0 fully saturated rings. The molecule has 0 saturated carbocycles. The summed E-state index contributed by atoms with van der Waals surface area (Å²) in [4.78, 5) is 11.8. The molecule has 0 aromatic rings. The van der Waals surface area contributed by atoms with Crippen molar-refractivity contribution in [1.82, 2.24) is 0 Å². The molecule has 1 nitrogen and oxygen atoms in total. The fourth-order valence-electron chi connectivity index (χ4n) is 1.83. The summed E-state index contributed by atoms with van der Waals surface area (Å²) in [5, 5.41) is 2.43. The molecule has 0 N–H and O–H groups in total. The zero-order valence-corrected chi connectivity index (χ0v) is 16.3. The number of hydrogen-bond donors (Lipinski definition) is 0. The van der Waals surface area contributed by atoms with Crippen LogP contribution in [-0.4, -0.2) is 21.9 Å². The van der Waals surface area contributed by atoms with Gasteiger partial charge in [-0.2, -0.15) is 0 Å². The van der Waals surface area contributed by atoms with Gasteiger partial charge in [-0.05, 0) is 11.3 Å². The smallest absolute Gasteiger partial charge is 0.177 e. The molecule has 2 radical (unpaired) electrons. The quantitative estimate of drug-likeness (QED) is 0.672. The van der Waals surface area contributed by atoms with Crippen molar-refractivity contribution in [2.24, 2.45) is 0 Å². The summed E-state index contributed by atoms with van der Waals surface area (Å²) in [7, 11) is -2.73. The molecule has 112 valence electrons. The van der Waals surface area contributed by atoms with E-state index in [4.69, 9.17) is 0 Å². The molecule has 0 unspecified atom stereocenters. The van der Waals surface area contributed by atoms with Crippen molar-refractivity contribution >= 4 is 21.9 Å². The Bertz CT molecular complexity index is 447. The molecule has 4 heteroatoms. The Balaban J connectivity index is 0.000000507. The van der Waals surface area contributed by atoms with E-state index < -0.39 is 16.1 Å². The van der Waals surface area contributed by atoms with E-state index in [0.717, 1.165) is 5.20 Å². The van der Waals surface area contributed by atoms with Gasteiger partial charge in [-0.15, -0.1) is 0 Å². The van der Waals surface area contributed by atoms with E-state index in [1.165, 1.54) is 5.20 Å². The van der Waals surface area contributed by atoms with Gasteiger partial charge in [0.25, 0.3) is 0 Å². The van der Waals surface area contributed by atoms with Gasteiger partial charge in [0, 0.05) is 23.2 Å². The van der Waals surface area contributed by atoms with E-state index >= 15 is 0 Å². The van der Waals surface area contributed by atoms with Crippen LogP contribution in [0.1, 0.15) is 0 Å². The molecule has 0 aromatic carbocycles. The molecular weight excluding hydrogens is 323 g/mol. The summed E-state index contributed by atoms with van der Waals surface area (Å²) < 4.78 is 0. The largest absolute Gasteiger partial charge is 0.290 e. The summed E-state index contributed by atoms with van der Waals surface area (Å²) in [6.45, 7) is 13.6. The molecule has 0 bridgehead atoms. The van der Waals surface area contributed by atoms with Gasteiger partial charge >= 0.3 is 0 Å². The van der Waals surface area contributed by atoms with Crippen molar-refractivity contribution in [2.45, 2.75) is 39.3 Å². The Hall–Kier alpha value is -0.430. The van der Waals surface area contributed by atoms with Gasteiger partial charge in [0.2, 0.25) is 0 Å². The molecule has 20 heavy (non-hydrogen) atoms. The zero-order valence-electron chi connectivity index (χ0n) is 13.3. The topological polar surface area (TPSA) is 17.1 Å². The van der Waals surface area contributed by atoms with E-state index in [0.29, 0.717) is 0 Å². The number of carbonyl (C=O) groups is 1. The van der Waals surface area contributed by atoms with Gasteiger partial charge in [0.1, 0.15) is 0 Å². The fourth-order valence-corrected chi connectivity index (χ4v) is 4.51. The molecule has 0 aliphatic heterocycles. The summed E-state index contributed by atoms with van der Waals surface area (Å²) >= 11 is 0. The van der Waals surface area contributed by atoms with Crippen LogP contribution >= 0.6 is 0 Å². The minimum Gasteiger partial charge on any atom is -0.290 e. The van der Waals surface area contributed by atoms with Crippen LogP contribution in [0.15, 0.2) is 46.8 Å². The van der Waals surface area contributed by atoms with Crippen LogP contribution in [0.5, 0.6) is 0 Å². The van der Waals surface area contributed by atoms with E-state index in [1.807, 2.05) is 36.8 Å². The molecule has 0 spiro atoms. The second-order valence-electron chi connectivity index (χ2n) is 6.98. The number of rotatable bonds is 2. The maximum Gasteiger partial charge on any atom is 0.177 e. The average molecular weight is 348 g/mol. The van der Waals surface area contributed by atoms with Crippen molar-refractivity contribution in [2.75, 3.05) is 0 Å². The molecule has 2 aliphatic rings. The van der Waals surface area contributed by atoms with Crippen LogP contribution in [0.25, 0.3) is 0 Å². The van der Waals surface area contributed by atoms with Crippen LogP contribution in [0.3, 0.4) is 0 Å². The van der Waals surface area contributed by atoms with Crippen molar-refractivity contribution in [3.05, 3.63) is 53.3 Å². The third-order valence-corrected chi connectivity index (χ3v) is 7.11. The summed E-state index contributed by atoms with van der Waals surface area (Å²) in [6, 6.07) is 0. The molecule has 0 atom stereocenters. The Labute approximate surface area is 136 Å². The maximum atomic E-state index is 11.8. The summed E-state index contributed by atoms with van der Waals surface area (Å²) in [5.74, 6) is 0.279. The second-order valence-corrected chi connectivity index (χ2v) is 17.1. The Kier molecular flexibility index (Phi) is 7.38. The molecule has 0 amide bonds. The van der Waals surface area contributed by atoms with E-state index in [1.54, 1.807) is 0 Å². The number of allylic oxidation sites excluding steroid dienone is 8. The third-order valence-electron chi connectivity index (χ3n) is 3.08. The van der Waals surface area contributed by atoms with Crippen LogP contribution in [0.4, 0.5) is 0 Å². The van der Waals surface area contributed by atoms with Crippen molar-refractivity contribution in [3.63, 3.8) is 0 Å². The molecule has 0 aromatic heterocycles. The minimum atomic E-state index is -1.43. The normalized spacial score (nSPS) is 17.2. The summed E-state index contributed by atoms with van der Waals surface area (Å²) in [6.07, 6.45) is 14.1. The second kappa shape index (κ2) is 7.54.